The molecule has 4 saturated heterocycles. The van der Waals surface area contributed by atoms with Gasteiger partial charge in [-0.05, 0) is 37.4 Å². The quantitative estimate of drug-likeness (QED) is 0.845. The zero-order valence-electron chi connectivity index (χ0n) is 15.7. The minimum absolute atomic E-state index is 0.313. The molecule has 4 aliphatic rings. The minimum atomic E-state index is 0.313. The van der Waals surface area contributed by atoms with Gasteiger partial charge in [-0.3, -0.25) is 9.80 Å². The lowest BCUT2D eigenvalue weighted by atomic mass is 9.75. The lowest BCUT2D eigenvalue weighted by molar-refractivity contribution is -0.0109. The first kappa shape index (κ1) is 16.5. The molecule has 6 rings (SSSR count). The molecule has 2 bridgehead atoms. The third kappa shape index (κ3) is 2.69. The smallest absolute Gasteiger partial charge is 0.240 e. The fourth-order valence-electron chi connectivity index (χ4n) is 5.46. The van der Waals surface area contributed by atoms with Crippen molar-refractivity contribution in [2.24, 2.45) is 5.92 Å². The van der Waals surface area contributed by atoms with Crippen LogP contribution in [-0.2, 0) is 6.54 Å². The minimum Gasteiger partial charge on any atom is -0.338 e. The average Bonchev–Trinajstić information content (AvgIpc) is 3.30. The van der Waals surface area contributed by atoms with Gasteiger partial charge in [-0.2, -0.15) is 4.98 Å². The average molecular weight is 352 g/mol. The van der Waals surface area contributed by atoms with Crippen LogP contribution < -0.4 is 0 Å². The monoisotopic (exact) mass is 352 g/mol. The molecule has 26 heavy (non-hydrogen) atoms. The van der Waals surface area contributed by atoms with E-state index in [0.29, 0.717) is 23.9 Å². The van der Waals surface area contributed by atoms with Gasteiger partial charge in [0.15, 0.2) is 5.82 Å². The maximum Gasteiger partial charge on any atom is 0.240 e. The molecule has 3 atom stereocenters. The number of hydrogen-bond acceptors (Lipinski definition) is 5. The second kappa shape index (κ2) is 6.46. The van der Waals surface area contributed by atoms with Crippen molar-refractivity contribution in [3.63, 3.8) is 0 Å². The molecule has 2 aromatic rings. The summed E-state index contributed by atoms with van der Waals surface area (Å²) in [5, 5.41) is 4.16. The summed E-state index contributed by atoms with van der Waals surface area (Å²) in [6.07, 6.45) is 2.67. The molecule has 138 valence electrons. The van der Waals surface area contributed by atoms with Crippen molar-refractivity contribution < 1.29 is 4.52 Å². The zero-order valence-corrected chi connectivity index (χ0v) is 15.7. The molecule has 1 aromatic heterocycles. The lowest BCUT2D eigenvalue weighted by Crippen LogP contribution is -2.60. The Morgan fingerprint density at radius 2 is 1.88 bits per heavy atom. The second-order valence-corrected chi connectivity index (χ2v) is 8.50. The van der Waals surface area contributed by atoms with Gasteiger partial charge in [0.05, 0.1) is 6.54 Å². The Morgan fingerprint density at radius 3 is 2.58 bits per heavy atom. The predicted molar refractivity (Wildman–Crippen MR) is 99.9 cm³/mol. The van der Waals surface area contributed by atoms with Crippen LogP contribution in [0.25, 0.3) is 0 Å². The third-order valence-corrected chi connectivity index (χ3v) is 6.66. The van der Waals surface area contributed by atoms with Crippen LogP contribution in [0.15, 0.2) is 34.9 Å². The van der Waals surface area contributed by atoms with E-state index < -0.39 is 0 Å². The van der Waals surface area contributed by atoms with Crippen molar-refractivity contribution in [3.8, 4) is 0 Å². The molecule has 5 heterocycles. The normalized spacial score (nSPS) is 33.7. The number of benzene rings is 1. The molecule has 0 aliphatic carbocycles. The molecule has 5 heteroatoms. The number of aromatic nitrogens is 2. The molecule has 0 saturated carbocycles. The van der Waals surface area contributed by atoms with Gasteiger partial charge in [-0.25, -0.2) is 0 Å². The van der Waals surface area contributed by atoms with Crippen LogP contribution in [0.4, 0.5) is 0 Å². The Morgan fingerprint density at radius 1 is 1.12 bits per heavy atom. The largest absolute Gasteiger partial charge is 0.338 e. The Kier molecular flexibility index (Phi) is 4.09. The summed E-state index contributed by atoms with van der Waals surface area (Å²) in [5.74, 6) is 3.30. The number of fused-ring (bicyclic) bond motifs is 2. The van der Waals surface area contributed by atoms with Crippen LogP contribution in [-0.4, -0.2) is 51.7 Å². The van der Waals surface area contributed by atoms with E-state index in [4.69, 9.17) is 4.52 Å². The van der Waals surface area contributed by atoms with Crippen molar-refractivity contribution in [2.75, 3.05) is 19.6 Å². The summed E-state index contributed by atoms with van der Waals surface area (Å²) in [6, 6.07) is 12.3. The summed E-state index contributed by atoms with van der Waals surface area (Å²) in [5.41, 5.74) is 1.48. The van der Waals surface area contributed by atoms with Crippen molar-refractivity contribution in [1.82, 2.24) is 19.9 Å². The van der Waals surface area contributed by atoms with E-state index in [1.807, 2.05) is 0 Å². The molecular formula is C21H28N4O. The topological polar surface area (TPSA) is 45.4 Å². The summed E-state index contributed by atoms with van der Waals surface area (Å²) >= 11 is 0. The first-order valence-electron chi connectivity index (χ1n) is 10.1. The molecule has 0 unspecified atom stereocenters. The molecule has 4 fully saturated rings. The molecule has 0 spiro atoms. The second-order valence-electron chi connectivity index (χ2n) is 8.50. The Bertz CT molecular complexity index is 750. The van der Waals surface area contributed by atoms with Gasteiger partial charge in [0.25, 0.3) is 0 Å². The van der Waals surface area contributed by atoms with E-state index in [0.717, 1.165) is 30.7 Å². The molecular weight excluding hydrogens is 324 g/mol. The number of rotatable bonds is 4. The van der Waals surface area contributed by atoms with E-state index in [1.54, 1.807) is 0 Å². The maximum absolute atomic E-state index is 5.57. The van der Waals surface area contributed by atoms with E-state index in [2.05, 4.69) is 64.1 Å². The first-order chi connectivity index (χ1) is 12.7. The predicted octanol–water partition coefficient (Wildman–Crippen LogP) is 3.26. The Hall–Kier alpha value is -1.72. The van der Waals surface area contributed by atoms with Crippen molar-refractivity contribution in [2.45, 2.75) is 57.2 Å². The van der Waals surface area contributed by atoms with Gasteiger partial charge in [0, 0.05) is 30.5 Å². The van der Waals surface area contributed by atoms with Crippen LogP contribution in [0.3, 0.4) is 0 Å². The van der Waals surface area contributed by atoms with Crippen LogP contribution >= 0.6 is 0 Å². The molecule has 0 radical (unpaired) electrons. The molecule has 1 aromatic carbocycles. The Labute approximate surface area is 155 Å². The van der Waals surface area contributed by atoms with E-state index >= 15 is 0 Å². The van der Waals surface area contributed by atoms with Crippen LogP contribution in [0.1, 0.15) is 55.8 Å². The highest BCUT2D eigenvalue weighted by Crippen LogP contribution is 2.46. The summed E-state index contributed by atoms with van der Waals surface area (Å²) < 4.78 is 5.57. The van der Waals surface area contributed by atoms with Crippen LogP contribution in [0.2, 0.25) is 0 Å². The fourth-order valence-corrected chi connectivity index (χ4v) is 5.46. The number of piperidine rings is 3. The van der Waals surface area contributed by atoms with Gasteiger partial charge < -0.3 is 4.52 Å². The van der Waals surface area contributed by atoms with Crippen molar-refractivity contribution in [1.29, 1.82) is 0 Å². The molecule has 0 N–H and O–H groups in total. The fraction of sp³-hybridized carbons (Fsp3) is 0.619. The highest BCUT2D eigenvalue weighted by molar-refractivity contribution is 5.27. The summed E-state index contributed by atoms with van der Waals surface area (Å²) in [4.78, 5) is 10.0. The SMILES string of the molecule is CC(C)c1noc(CN2C[C@@H](c3ccccc3)[C@@H]3[C@H]2C2CCN3CC2)n1. The van der Waals surface area contributed by atoms with Gasteiger partial charge in [-0.1, -0.05) is 49.3 Å². The number of likely N-dealkylation sites (tertiary alicyclic amines) is 1. The standard InChI is InChI=1S/C21H28N4O/c1-14(2)21-22-18(26-23-21)13-25-12-17(15-6-4-3-5-7-15)20-19(25)16-8-10-24(20)11-9-16/h3-7,14,16-17,19-20H,8-13H2,1-2H3/t17-,19+,20+/m0/s1. The third-order valence-electron chi connectivity index (χ3n) is 6.66. The number of hydrogen-bond donors (Lipinski definition) is 0. The van der Waals surface area contributed by atoms with Gasteiger partial charge in [-0.15, -0.1) is 0 Å². The van der Waals surface area contributed by atoms with Crippen molar-refractivity contribution >= 4 is 0 Å². The van der Waals surface area contributed by atoms with E-state index in [-0.39, 0.29) is 0 Å². The lowest BCUT2D eigenvalue weighted by Gasteiger charge is -2.51. The van der Waals surface area contributed by atoms with Gasteiger partial charge in [0.2, 0.25) is 5.89 Å². The molecule has 0 amide bonds. The highest BCUT2D eigenvalue weighted by atomic mass is 16.5. The maximum atomic E-state index is 5.57. The Balaban J connectivity index is 1.44. The summed E-state index contributed by atoms with van der Waals surface area (Å²) in [6.45, 7) is 8.63. The van der Waals surface area contributed by atoms with E-state index in [1.165, 1.54) is 31.5 Å². The molecule has 5 nitrogen and oxygen atoms in total. The highest BCUT2D eigenvalue weighted by Gasteiger charge is 2.53. The van der Waals surface area contributed by atoms with Crippen molar-refractivity contribution in [3.05, 3.63) is 47.6 Å². The molecule has 4 aliphatic heterocycles. The van der Waals surface area contributed by atoms with Gasteiger partial charge >= 0.3 is 0 Å². The first-order valence-corrected chi connectivity index (χ1v) is 10.1. The summed E-state index contributed by atoms with van der Waals surface area (Å²) in [7, 11) is 0. The van der Waals surface area contributed by atoms with Gasteiger partial charge in [0.1, 0.15) is 0 Å². The zero-order chi connectivity index (χ0) is 17.7. The number of nitrogens with zero attached hydrogens (tertiary/aromatic N) is 4. The van der Waals surface area contributed by atoms with E-state index in [9.17, 15) is 0 Å². The van der Waals surface area contributed by atoms with Crippen LogP contribution in [0.5, 0.6) is 0 Å². The van der Waals surface area contributed by atoms with Crippen LogP contribution in [0, 0.1) is 5.92 Å².